The Morgan fingerprint density at radius 3 is 2.72 bits per heavy atom. The molecule has 0 bridgehead atoms. The van der Waals surface area contributed by atoms with Gasteiger partial charge in [-0.05, 0) is 51.3 Å². The third-order valence-electron chi connectivity index (χ3n) is 4.85. The first-order chi connectivity index (χ1) is 15.2. The molecule has 0 spiro atoms. The molecule has 0 fully saturated rings. The molecule has 8 nitrogen and oxygen atoms in total. The number of nitrogens with one attached hydrogen (secondary N) is 2. The Labute approximate surface area is 189 Å². The van der Waals surface area contributed by atoms with Crippen LogP contribution in [0.15, 0.2) is 18.2 Å². The second-order valence-corrected chi connectivity index (χ2v) is 8.47. The minimum Gasteiger partial charge on any atom is -0.444 e. The van der Waals surface area contributed by atoms with E-state index in [1.165, 1.54) is 11.9 Å². The number of benzene rings is 1. The van der Waals surface area contributed by atoms with Gasteiger partial charge in [-0.1, -0.05) is 17.9 Å². The monoisotopic (exact) mass is 441 g/mol. The molecular formula is C24H31N3O5. The van der Waals surface area contributed by atoms with Crippen LogP contribution in [0.2, 0.25) is 0 Å². The molecule has 1 heterocycles. The zero-order valence-corrected chi connectivity index (χ0v) is 19.1. The van der Waals surface area contributed by atoms with Gasteiger partial charge >= 0.3 is 6.09 Å². The fourth-order valence-electron chi connectivity index (χ4n) is 3.38. The number of alkyl carbamates (subject to hydrolysis) is 1. The van der Waals surface area contributed by atoms with Crippen LogP contribution in [-0.4, -0.2) is 54.3 Å². The highest BCUT2D eigenvalue weighted by atomic mass is 16.6. The number of likely N-dealkylation sites (N-methyl/N-ethyl adjacent to an activating group) is 1. The molecule has 1 aliphatic heterocycles. The Bertz CT molecular complexity index is 924. The Balaban J connectivity index is 2.00. The van der Waals surface area contributed by atoms with Crippen LogP contribution in [0.1, 0.15) is 67.9 Å². The lowest BCUT2D eigenvalue weighted by Gasteiger charge is -2.25. The molecule has 0 radical (unpaired) electrons. The quantitative estimate of drug-likeness (QED) is 0.366. The molecule has 0 aromatic heterocycles. The van der Waals surface area contributed by atoms with E-state index in [1.54, 1.807) is 32.9 Å². The molecule has 1 atom stereocenters. The first kappa shape index (κ1) is 24.9. The first-order valence-corrected chi connectivity index (χ1v) is 10.7. The van der Waals surface area contributed by atoms with Crippen LogP contribution in [0, 0.1) is 11.8 Å². The van der Waals surface area contributed by atoms with E-state index in [4.69, 9.17) is 4.74 Å². The molecule has 1 aromatic carbocycles. The van der Waals surface area contributed by atoms with Crippen LogP contribution in [0.3, 0.4) is 0 Å². The maximum Gasteiger partial charge on any atom is 0.407 e. The molecule has 1 unspecified atom stereocenters. The van der Waals surface area contributed by atoms with E-state index in [2.05, 4.69) is 22.5 Å². The van der Waals surface area contributed by atoms with E-state index < -0.39 is 17.7 Å². The number of hydrogen-bond acceptors (Lipinski definition) is 5. The van der Waals surface area contributed by atoms with E-state index in [1.807, 2.05) is 6.07 Å². The van der Waals surface area contributed by atoms with Gasteiger partial charge in [-0.3, -0.25) is 9.59 Å². The molecule has 0 saturated carbocycles. The number of hydrogen-bond donors (Lipinski definition) is 2. The van der Waals surface area contributed by atoms with Gasteiger partial charge in [-0.25, -0.2) is 4.79 Å². The van der Waals surface area contributed by atoms with Gasteiger partial charge in [-0.15, -0.1) is 0 Å². The second kappa shape index (κ2) is 11.3. The summed E-state index contributed by atoms with van der Waals surface area (Å²) in [5.41, 5.74) is 1.53. The van der Waals surface area contributed by atoms with Crippen molar-refractivity contribution in [3.63, 3.8) is 0 Å². The summed E-state index contributed by atoms with van der Waals surface area (Å²) < 4.78 is 5.18. The predicted molar refractivity (Wildman–Crippen MR) is 120 cm³/mol. The van der Waals surface area contributed by atoms with Crippen molar-refractivity contribution >= 4 is 24.2 Å². The highest BCUT2D eigenvalue weighted by Gasteiger charge is 2.36. The Kier molecular flexibility index (Phi) is 8.82. The molecule has 1 aromatic rings. The van der Waals surface area contributed by atoms with E-state index in [-0.39, 0.29) is 31.2 Å². The highest BCUT2D eigenvalue weighted by Crippen LogP contribution is 2.28. The average molecular weight is 442 g/mol. The van der Waals surface area contributed by atoms with Crippen molar-refractivity contribution in [3.05, 3.63) is 34.9 Å². The number of rotatable bonds is 8. The van der Waals surface area contributed by atoms with Gasteiger partial charge in [0.2, 0.25) is 5.91 Å². The number of carbonyl (C=O) groups excluding carboxylic acids is 4. The number of carbonyl (C=O) groups is 4. The van der Waals surface area contributed by atoms with Crippen molar-refractivity contribution in [2.24, 2.45) is 0 Å². The SMILES string of the molecule is CNC(=O)C(CCC=O)N1Cc2c(C#CCCCNC(=O)OC(C)(C)C)cccc2C1=O. The number of amides is 3. The van der Waals surface area contributed by atoms with E-state index in [9.17, 15) is 19.2 Å². The molecule has 2 N–H and O–H groups in total. The maximum atomic E-state index is 12.9. The van der Waals surface area contributed by atoms with Crippen LogP contribution in [0.5, 0.6) is 0 Å². The third kappa shape index (κ3) is 6.84. The largest absolute Gasteiger partial charge is 0.444 e. The first-order valence-electron chi connectivity index (χ1n) is 10.7. The molecule has 8 heteroatoms. The van der Waals surface area contributed by atoms with E-state index >= 15 is 0 Å². The molecule has 2 rings (SSSR count). The van der Waals surface area contributed by atoms with Crippen LogP contribution in [-0.2, 0) is 20.9 Å². The van der Waals surface area contributed by atoms with Gasteiger partial charge < -0.3 is 25.1 Å². The fourth-order valence-corrected chi connectivity index (χ4v) is 3.38. The van der Waals surface area contributed by atoms with Crippen LogP contribution >= 0.6 is 0 Å². The summed E-state index contributed by atoms with van der Waals surface area (Å²) in [5, 5.41) is 5.26. The standard InChI is InChI=1S/C24H31N3O5/c1-24(2,3)32-23(31)26-14-7-5-6-10-17-11-8-12-18-19(17)16-27(22(18)30)20(13-9-15-28)21(29)25-4/h8,11-12,15,20H,5,7,9,13-14,16H2,1-4H3,(H,25,29)(H,26,31). The zero-order valence-electron chi connectivity index (χ0n) is 19.1. The number of ether oxygens (including phenoxy) is 1. The van der Waals surface area contributed by atoms with Crippen molar-refractivity contribution < 1.29 is 23.9 Å². The third-order valence-corrected chi connectivity index (χ3v) is 4.85. The summed E-state index contributed by atoms with van der Waals surface area (Å²) in [6, 6.07) is 4.65. The minimum atomic E-state index is -0.704. The van der Waals surface area contributed by atoms with E-state index in [0.717, 1.165) is 17.4 Å². The van der Waals surface area contributed by atoms with Crippen molar-refractivity contribution in [1.82, 2.24) is 15.5 Å². The Morgan fingerprint density at radius 2 is 2.06 bits per heavy atom. The summed E-state index contributed by atoms with van der Waals surface area (Å²) in [7, 11) is 1.51. The normalized spacial score (nSPS) is 13.5. The van der Waals surface area contributed by atoms with Gasteiger partial charge in [0.25, 0.3) is 5.91 Å². The highest BCUT2D eigenvalue weighted by molar-refractivity contribution is 6.01. The summed E-state index contributed by atoms with van der Waals surface area (Å²) in [5.74, 6) is 5.67. The predicted octanol–water partition coefficient (Wildman–Crippen LogP) is 2.39. The van der Waals surface area contributed by atoms with Crippen molar-refractivity contribution in [2.45, 2.75) is 64.6 Å². The molecule has 0 aliphatic carbocycles. The fraction of sp³-hybridized carbons (Fsp3) is 0.500. The van der Waals surface area contributed by atoms with Gasteiger partial charge in [0.15, 0.2) is 0 Å². The molecule has 3 amide bonds. The van der Waals surface area contributed by atoms with Crippen molar-refractivity contribution in [2.75, 3.05) is 13.6 Å². The molecule has 32 heavy (non-hydrogen) atoms. The van der Waals surface area contributed by atoms with Crippen LogP contribution in [0.25, 0.3) is 0 Å². The molecule has 0 saturated heterocycles. The number of aldehydes is 1. The van der Waals surface area contributed by atoms with Gasteiger partial charge in [0.1, 0.15) is 17.9 Å². The molecule has 1 aliphatic rings. The Morgan fingerprint density at radius 1 is 1.31 bits per heavy atom. The van der Waals surface area contributed by atoms with Gasteiger partial charge in [0, 0.05) is 44.1 Å². The van der Waals surface area contributed by atoms with Gasteiger partial charge in [0.05, 0.1) is 0 Å². The summed E-state index contributed by atoms with van der Waals surface area (Å²) >= 11 is 0. The minimum absolute atomic E-state index is 0.197. The lowest BCUT2D eigenvalue weighted by atomic mass is 10.0. The summed E-state index contributed by atoms with van der Waals surface area (Å²) in [4.78, 5) is 49.1. The molecule has 172 valence electrons. The van der Waals surface area contributed by atoms with Crippen molar-refractivity contribution in [1.29, 1.82) is 0 Å². The van der Waals surface area contributed by atoms with Crippen molar-refractivity contribution in [3.8, 4) is 11.8 Å². The van der Waals surface area contributed by atoms with Crippen LogP contribution in [0.4, 0.5) is 4.79 Å². The lowest BCUT2D eigenvalue weighted by Crippen LogP contribution is -2.46. The topological polar surface area (TPSA) is 105 Å². The Hall–Kier alpha value is -3.34. The summed E-state index contributed by atoms with van der Waals surface area (Å²) in [6.07, 6.45) is 1.99. The second-order valence-electron chi connectivity index (χ2n) is 8.47. The lowest BCUT2D eigenvalue weighted by molar-refractivity contribution is -0.125. The smallest absolute Gasteiger partial charge is 0.407 e. The van der Waals surface area contributed by atoms with Gasteiger partial charge in [-0.2, -0.15) is 0 Å². The maximum absolute atomic E-state index is 12.9. The number of fused-ring (bicyclic) bond motifs is 1. The van der Waals surface area contributed by atoms with Crippen LogP contribution < -0.4 is 10.6 Å². The average Bonchev–Trinajstić information content (AvgIpc) is 3.06. The number of nitrogens with zero attached hydrogens (tertiary/aromatic N) is 1. The number of unbranched alkanes of at least 4 members (excludes halogenated alkanes) is 1. The molecular weight excluding hydrogens is 410 g/mol. The summed E-state index contributed by atoms with van der Waals surface area (Å²) in [6.45, 7) is 6.15. The zero-order chi connectivity index (χ0) is 23.7. The van der Waals surface area contributed by atoms with E-state index in [0.29, 0.717) is 24.9 Å².